The van der Waals surface area contributed by atoms with Crippen LogP contribution in [0.4, 0.5) is 35.0 Å². The zero-order valence-electron chi connectivity index (χ0n) is 22.7. The Morgan fingerprint density at radius 2 is 1.45 bits per heavy atom. The van der Waals surface area contributed by atoms with Crippen LogP contribution in [0.2, 0.25) is 20.1 Å². The standard InChI is InChI=1S/C28H20Cl6F3N3O4/c1-27(2,3)44-26(43)39-17-5-4-15(35)23(22(17)37)40-24(41)12-8-11(9-16(36)20(12)31)38-25(42)19-18(28(19,33)34)10-6-13(29)21(32)14(30)7-10/h4-9,18-19H,1-3H3,(H,38,42)(H,39,43)(H,40,41)/t18-,19+/m0/s1. The fourth-order valence-electron chi connectivity index (χ4n) is 4.23. The van der Waals surface area contributed by atoms with Gasteiger partial charge in [-0.2, -0.15) is 0 Å². The number of rotatable bonds is 6. The molecular formula is C28H20Cl6F3N3O4. The number of carbonyl (C=O) groups is 3. The average molecular weight is 732 g/mol. The Kier molecular flexibility index (Phi) is 9.86. The largest absolute Gasteiger partial charge is 0.444 e. The smallest absolute Gasteiger partial charge is 0.412 e. The van der Waals surface area contributed by atoms with Crippen molar-refractivity contribution in [2.24, 2.45) is 5.92 Å². The molecular weight excluding hydrogens is 712 g/mol. The first-order chi connectivity index (χ1) is 20.3. The van der Waals surface area contributed by atoms with E-state index in [1.165, 1.54) is 12.1 Å². The van der Waals surface area contributed by atoms with Crippen molar-refractivity contribution in [3.8, 4) is 0 Å². The molecule has 0 aromatic heterocycles. The summed E-state index contributed by atoms with van der Waals surface area (Å²) in [5.41, 5.74) is -2.80. The number of hydrogen-bond acceptors (Lipinski definition) is 4. The summed E-state index contributed by atoms with van der Waals surface area (Å²) < 4.78 is 47.9. The monoisotopic (exact) mass is 729 g/mol. The van der Waals surface area contributed by atoms with E-state index in [9.17, 15) is 23.2 Å². The highest BCUT2D eigenvalue weighted by atomic mass is 35.5. The molecule has 234 valence electrons. The van der Waals surface area contributed by atoms with Gasteiger partial charge >= 0.3 is 6.09 Å². The highest BCUT2D eigenvalue weighted by molar-refractivity contribution is 6.54. The molecule has 0 heterocycles. The number of ether oxygens (including phenoxy) is 1. The minimum atomic E-state index is -1.59. The number of nitrogens with one attached hydrogen (secondary N) is 3. The van der Waals surface area contributed by atoms with E-state index in [-0.39, 0.29) is 20.8 Å². The Morgan fingerprint density at radius 1 is 0.841 bits per heavy atom. The van der Waals surface area contributed by atoms with E-state index in [1.54, 1.807) is 20.8 Å². The molecule has 0 bridgehead atoms. The first-order valence-corrected chi connectivity index (χ1v) is 14.7. The molecule has 0 spiro atoms. The number of halogens is 9. The van der Waals surface area contributed by atoms with Crippen molar-refractivity contribution in [2.45, 2.75) is 36.6 Å². The van der Waals surface area contributed by atoms with Gasteiger partial charge in [0.2, 0.25) is 5.91 Å². The van der Waals surface area contributed by atoms with Gasteiger partial charge in [0, 0.05) is 11.6 Å². The Labute approximate surface area is 279 Å². The summed E-state index contributed by atoms with van der Waals surface area (Å²) in [6.45, 7) is 4.74. The highest BCUT2D eigenvalue weighted by Crippen LogP contribution is 2.65. The van der Waals surface area contributed by atoms with Crippen molar-refractivity contribution in [2.75, 3.05) is 16.0 Å². The van der Waals surface area contributed by atoms with Crippen LogP contribution >= 0.6 is 69.6 Å². The van der Waals surface area contributed by atoms with Crippen LogP contribution in [0.15, 0.2) is 36.4 Å². The first kappa shape index (κ1) is 34.3. The average Bonchev–Trinajstić information content (AvgIpc) is 3.49. The molecule has 16 heteroatoms. The van der Waals surface area contributed by atoms with E-state index < -0.39 is 79.1 Å². The van der Waals surface area contributed by atoms with E-state index in [0.29, 0.717) is 5.56 Å². The van der Waals surface area contributed by atoms with Gasteiger partial charge in [-0.15, -0.1) is 23.2 Å². The topological polar surface area (TPSA) is 96.5 Å². The number of alkyl halides is 2. The molecule has 3 aromatic carbocycles. The van der Waals surface area contributed by atoms with Crippen LogP contribution < -0.4 is 16.0 Å². The molecule has 3 amide bonds. The molecule has 2 atom stereocenters. The molecule has 0 aliphatic heterocycles. The lowest BCUT2D eigenvalue weighted by molar-refractivity contribution is -0.117. The van der Waals surface area contributed by atoms with Gasteiger partial charge < -0.3 is 15.4 Å². The predicted octanol–water partition coefficient (Wildman–Crippen LogP) is 9.84. The summed E-state index contributed by atoms with van der Waals surface area (Å²) >= 11 is 36.9. The van der Waals surface area contributed by atoms with Crippen molar-refractivity contribution >= 4 is 105 Å². The summed E-state index contributed by atoms with van der Waals surface area (Å²) in [5, 5.41) is 6.11. The Hall–Kier alpha value is -2.60. The molecule has 1 saturated carbocycles. The molecule has 44 heavy (non-hydrogen) atoms. The number of carbonyl (C=O) groups excluding carboxylic acids is 3. The first-order valence-electron chi connectivity index (χ1n) is 12.4. The number of anilines is 3. The zero-order chi connectivity index (χ0) is 32.9. The van der Waals surface area contributed by atoms with Crippen LogP contribution in [0, 0.1) is 23.4 Å². The number of benzene rings is 3. The lowest BCUT2D eigenvalue weighted by atomic mass is 10.1. The third-order valence-corrected chi connectivity index (χ3v) is 8.73. The molecule has 0 radical (unpaired) electrons. The number of amides is 3. The van der Waals surface area contributed by atoms with Crippen LogP contribution in [0.5, 0.6) is 0 Å². The van der Waals surface area contributed by atoms with E-state index in [2.05, 4.69) is 10.6 Å². The maximum absolute atomic E-state index is 15.1. The minimum absolute atomic E-state index is 0.0988. The molecule has 0 saturated heterocycles. The van der Waals surface area contributed by atoms with Crippen LogP contribution in [-0.4, -0.2) is 27.8 Å². The van der Waals surface area contributed by atoms with Gasteiger partial charge in [-0.1, -0.05) is 46.4 Å². The van der Waals surface area contributed by atoms with Crippen LogP contribution in [-0.2, 0) is 9.53 Å². The van der Waals surface area contributed by atoms with Crippen molar-refractivity contribution in [3.05, 3.63) is 85.1 Å². The summed E-state index contributed by atoms with van der Waals surface area (Å²) in [7, 11) is 0. The minimum Gasteiger partial charge on any atom is -0.444 e. The van der Waals surface area contributed by atoms with E-state index in [0.717, 1.165) is 24.3 Å². The summed E-state index contributed by atoms with van der Waals surface area (Å²) in [6, 6.07) is 6.40. The van der Waals surface area contributed by atoms with E-state index >= 15 is 4.39 Å². The summed E-state index contributed by atoms with van der Waals surface area (Å²) in [5.74, 6) is -7.53. The molecule has 3 aromatic rings. The van der Waals surface area contributed by atoms with Crippen molar-refractivity contribution in [1.82, 2.24) is 0 Å². The third kappa shape index (κ3) is 7.27. The van der Waals surface area contributed by atoms with Crippen LogP contribution in [0.1, 0.15) is 42.6 Å². The summed E-state index contributed by atoms with van der Waals surface area (Å²) in [6.07, 6.45) is -1.04. The molecule has 4 rings (SSSR count). The van der Waals surface area contributed by atoms with Gasteiger partial charge in [0.25, 0.3) is 5.91 Å². The SMILES string of the molecule is CC(C)(C)OC(=O)Nc1ccc(F)c(NC(=O)c2cc(NC(=O)[C@H]3[C@H](c4cc(Cl)c(Cl)c(Cl)c4)C3(Cl)Cl)cc(F)c2Cl)c1F. The Morgan fingerprint density at radius 3 is 2.05 bits per heavy atom. The fraction of sp³-hybridized carbons (Fsp3) is 0.250. The lowest BCUT2D eigenvalue weighted by Gasteiger charge is -2.20. The second kappa shape index (κ2) is 12.7. The fourth-order valence-corrected chi connectivity index (χ4v) is 5.86. The van der Waals surface area contributed by atoms with Crippen LogP contribution in [0.25, 0.3) is 0 Å². The van der Waals surface area contributed by atoms with Gasteiger partial charge in [0.1, 0.15) is 27.3 Å². The predicted molar refractivity (Wildman–Crippen MR) is 166 cm³/mol. The number of hydrogen-bond donors (Lipinski definition) is 3. The van der Waals surface area contributed by atoms with E-state index in [1.807, 2.05) is 5.32 Å². The Balaban J connectivity index is 1.55. The van der Waals surface area contributed by atoms with Gasteiger partial charge in [0.15, 0.2) is 5.82 Å². The molecule has 0 unspecified atom stereocenters. The van der Waals surface area contributed by atoms with Crippen LogP contribution in [0.3, 0.4) is 0 Å². The maximum Gasteiger partial charge on any atom is 0.412 e. The third-order valence-electron chi connectivity index (χ3n) is 6.21. The van der Waals surface area contributed by atoms with Gasteiger partial charge in [-0.05, 0) is 62.7 Å². The molecule has 1 fully saturated rings. The lowest BCUT2D eigenvalue weighted by Crippen LogP contribution is -2.27. The van der Waals surface area contributed by atoms with E-state index in [4.69, 9.17) is 74.3 Å². The molecule has 1 aliphatic carbocycles. The highest BCUT2D eigenvalue weighted by Gasteiger charge is 2.67. The quantitative estimate of drug-likeness (QED) is 0.174. The van der Waals surface area contributed by atoms with Crippen molar-refractivity contribution in [1.29, 1.82) is 0 Å². The summed E-state index contributed by atoms with van der Waals surface area (Å²) in [4.78, 5) is 38.2. The Bertz CT molecular complexity index is 1680. The molecule has 7 nitrogen and oxygen atoms in total. The maximum atomic E-state index is 15.1. The van der Waals surface area contributed by atoms with Gasteiger partial charge in [0.05, 0.1) is 37.3 Å². The van der Waals surface area contributed by atoms with Gasteiger partial charge in [-0.3, -0.25) is 14.9 Å². The second-order valence-electron chi connectivity index (χ2n) is 10.6. The second-order valence-corrected chi connectivity index (χ2v) is 13.6. The van der Waals surface area contributed by atoms with Crippen molar-refractivity contribution in [3.63, 3.8) is 0 Å². The van der Waals surface area contributed by atoms with Crippen molar-refractivity contribution < 1.29 is 32.3 Å². The molecule has 3 N–H and O–H groups in total. The van der Waals surface area contributed by atoms with Gasteiger partial charge in [-0.25, -0.2) is 18.0 Å². The normalized spacial score (nSPS) is 17.1. The molecule has 1 aliphatic rings. The zero-order valence-corrected chi connectivity index (χ0v) is 27.2.